The average Bonchev–Trinajstić information content (AvgIpc) is 3.86. The summed E-state index contributed by atoms with van der Waals surface area (Å²) in [4.78, 5) is 18.3. The van der Waals surface area contributed by atoms with E-state index < -0.39 is 5.60 Å². The van der Waals surface area contributed by atoms with Gasteiger partial charge in [0.15, 0.2) is 5.82 Å². The molecule has 7 aromatic rings. The van der Waals surface area contributed by atoms with Crippen LogP contribution in [0.25, 0.3) is 33.2 Å². The highest BCUT2D eigenvalue weighted by Crippen LogP contribution is 2.38. The smallest absolute Gasteiger partial charge is 0.159 e. The van der Waals surface area contributed by atoms with Gasteiger partial charge in [0.1, 0.15) is 17.2 Å². The first-order chi connectivity index (χ1) is 22.8. The summed E-state index contributed by atoms with van der Waals surface area (Å²) in [6, 6.07) is 34.2. The molecule has 0 saturated heterocycles. The molecule has 2 aliphatic heterocycles. The molecule has 0 saturated carbocycles. The Bertz CT molecular complexity index is 2200. The van der Waals surface area contributed by atoms with Gasteiger partial charge in [0.05, 0.1) is 34.2 Å². The minimum atomic E-state index is -1.04. The van der Waals surface area contributed by atoms with Crippen molar-refractivity contribution in [3.05, 3.63) is 143 Å². The second-order valence-electron chi connectivity index (χ2n) is 12.9. The second-order valence-corrected chi connectivity index (χ2v) is 13.4. The van der Waals surface area contributed by atoms with Crippen molar-refractivity contribution in [2.75, 3.05) is 0 Å². The van der Waals surface area contributed by atoms with E-state index in [-0.39, 0.29) is 0 Å². The molecule has 0 amide bonds. The number of aliphatic hydroxyl groups is 1. The Morgan fingerprint density at radius 2 is 1.17 bits per heavy atom. The van der Waals surface area contributed by atoms with Crippen LogP contribution in [-0.4, -0.2) is 34.2 Å². The van der Waals surface area contributed by atoms with Gasteiger partial charge in [-0.25, -0.2) is 19.9 Å². The molecule has 9 rings (SSSR count). The number of aromatic nitrogens is 6. The summed E-state index contributed by atoms with van der Waals surface area (Å²) in [6.45, 7) is 3.38. The van der Waals surface area contributed by atoms with Gasteiger partial charge in [-0.1, -0.05) is 78.3 Å². The molecule has 7 nitrogen and oxygen atoms in total. The van der Waals surface area contributed by atoms with Crippen molar-refractivity contribution in [1.29, 1.82) is 0 Å². The maximum Gasteiger partial charge on any atom is 0.159 e. The molecule has 2 atom stereocenters. The fraction of sp³-hybridized carbons (Fsp3) is 0.231. The average molecular weight is 639 g/mol. The van der Waals surface area contributed by atoms with E-state index in [2.05, 4.69) is 98.0 Å². The minimum absolute atomic E-state index is 0.324. The number of nitrogens with zero attached hydrogens (tertiary/aromatic N) is 6. The lowest BCUT2D eigenvalue weighted by atomic mass is 10.0. The van der Waals surface area contributed by atoms with Gasteiger partial charge in [-0.3, -0.25) is 0 Å². The lowest BCUT2D eigenvalue weighted by Gasteiger charge is -2.16. The predicted molar refractivity (Wildman–Crippen MR) is 187 cm³/mol. The molecule has 47 heavy (non-hydrogen) atoms. The summed E-state index contributed by atoms with van der Waals surface area (Å²) in [5, 5.41) is 10.8. The molecule has 0 spiro atoms. The van der Waals surface area contributed by atoms with Crippen molar-refractivity contribution >= 4 is 33.7 Å². The van der Waals surface area contributed by atoms with Crippen molar-refractivity contribution in [2.24, 2.45) is 0 Å². The number of halogens is 1. The first kappa shape index (κ1) is 29.5. The third kappa shape index (κ3) is 5.49. The number of hydrogen-bond donors (Lipinski definition) is 1. The zero-order valence-electron chi connectivity index (χ0n) is 26.4. The Labute approximate surface area is 278 Å². The fourth-order valence-electron chi connectivity index (χ4n) is 7.05. The van der Waals surface area contributed by atoms with E-state index in [9.17, 15) is 5.11 Å². The highest BCUT2D eigenvalue weighted by Gasteiger charge is 2.28. The number of benzene rings is 4. The molecular weight excluding hydrogens is 604 g/mol. The zero-order valence-corrected chi connectivity index (χ0v) is 27.1. The number of hydrogen-bond acceptors (Lipinski definition) is 5. The van der Waals surface area contributed by atoms with Crippen LogP contribution in [0.15, 0.2) is 109 Å². The third-order valence-electron chi connectivity index (χ3n) is 9.29. The molecule has 1 N–H and O–H groups in total. The Balaban J connectivity index is 0.000000148. The van der Waals surface area contributed by atoms with E-state index in [0.717, 1.165) is 69.7 Å². The van der Waals surface area contributed by atoms with E-state index in [4.69, 9.17) is 21.6 Å². The summed E-state index contributed by atoms with van der Waals surface area (Å²) in [5.41, 5.74) is 7.96. The third-order valence-corrected chi connectivity index (χ3v) is 9.53. The number of imidazole rings is 2. The van der Waals surface area contributed by atoms with Crippen LogP contribution in [0.5, 0.6) is 0 Å². The standard InChI is InChI=1S/C23H22N4O.C16H13ClN2/c1-23(2,28)22-24-13-17(14-25-22)16-8-9-18-20(12-16)27-19(10-11-21(27)26-18)15-6-4-3-5-7-15;17-12-6-7-13-15(10-12)19-14(8-9-16(19)18-13)11-4-2-1-3-5-11/h3-9,12-14,19,28H,10-11H2,1-2H3;1-7,10,14H,8-9H2. The van der Waals surface area contributed by atoms with Crippen LogP contribution in [0, 0.1) is 0 Å². The Kier molecular flexibility index (Phi) is 7.38. The van der Waals surface area contributed by atoms with Crippen molar-refractivity contribution < 1.29 is 5.11 Å². The maximum atomic E-state index is 10.1. The monoisotopic (exact) mass is 638 g/mol. The topological polar surface area (TPSA) is 81.7 Å². The molecule has 0 aliphatic carbocycles. The van der Waals surface area contributed by atoms with Crippen molar-refractivity contribution in [3.8, 4) is 11.1 Å². The van der Waals surface area contributed by atoms with Crippen LogP contribution in [0.3, 0.4) is 0 Å². The first-order valence-electron chi connectivity index (χ1n) is 16.2. The molecule has 234 valence electrons. The Morgan fingerprint density at radius 3 is 1.70 bits per heavy atom. The SMILES string of the molecule is CC(C)(O)c1ncc(-c2ccc3nc4n(c3c2)C(c2ccccc2)CC4)cn1.Clc1ccc2nc3n(c2c1)C(c1ccccc1)CC3. The summed E-state index contributed by atoms with van der Waals surface area (Å²) >= 11 is 6.13. The summed E-state index contributed by atoms with van der Waals surface area (Å²) in [6.07, 6.45) is 7.78. The predicted octanol–water partition coefficient (Wildman–Crippen LogP) is 8.48. The fourth-order valence-corrected chi connectivity index (χ4v) is 7.22. The van der Waals surface area contributed by atoms with Gasteiger partial charge in [-0.15, -0.1) is 0 Å². The van der Waals surface area contributed by atoms with Crippen LogP contribution >= 0.6 is 11.6 Å². The maximum absolute atomic E-state index is 10.1. The zero-order chi connectivity index (χ0) is 32.1. The van der Waals surface area contributed by atoms with E-state index in [1.165, 1.54) is 17.0 Å². The number of rotatable bonds is 4. The summed E-state index contributed by atoms with van der Waals surface area (Å²) < 4.78 is 4.72. The van der Waals surface area contributed by atoms with Gasteiger partial charge in [0.2, 0.25) is 0 Å². The molecular formula is C39H35ClN6O. The Morgan fingerprint density at radius 1 is 0.660 bits per heavy atom. The molecule has 4 aromatic carbocycles. The van der Waals surface area contributed by atoms with Crippen LogP contribution in [0.1, 0.15) is 67.4 Å². The van der Waals surface area contributed by atoms with Gasteiger partial charge in [-0.05, 0) is 73.7 Å². The second kappa shape index (κ2) is 11.7. The number of fused-ring (bicyclic) bond motifs is 6. The first-order valence-corrected chi connectivity index (χ1v) is 16.5. The van der Waals surface area contributed by atoms with Gasteiger partial charge in [-0.2, -0.15) is 0 Å². The van der Waals surface area contributed by atoms with Crippen molar-refractivity contribution in [1.82, 2.24) is 29.1 Å². The van der Waals surface area contributed by atoms with Crippen LogP contribution in [0.2, 0.25) is 5.02 Å². The Hall–Kier alpha value is -4.85. The van der Waals surface area contributed by atoms with Gasteiger partial charge in [0.25, 0.3) is 0 Å². The minimum Gasteiger partial charge on any atom is -0.382 e. The van der Waals surface area contributed by atoms with E-state index in [1.54, 1.807) is 26.2 Å². The quantitative estimate of drug-likeness (QED) is 0.209. The van der Waals surface area contributed by atoms with E-state index in [0.29, 0.717) is 17.9 Å². The number of aryl methyl sites for hydroxylation is 2. The largest absolute Gasteiger partial charge is 0.382 e. The van der Waals surface area contributed by atoms with Gasteiger partial charge >= 0.3 is 0 Å². The summed E-state index contributed by atoms with van der Waals surface area (Å²) in [7, 11) is 0. The van der Waals surface area contributed by atoms with Crippen LogP contribution in [0.4, 0.5) is 0 Å². The molecule has 0 fully saturated rings. The van der Waals surface area contributed by atoms with Crippen molar-refractivity contribution in [2.45, 2.75) is 57.2 Å². The van der Waals surface area contributed by atoms with Crippen LogP contribution < -0.4 is 0 Å². The van der Waals surface area contributed by atoms with E-state index in [1.807, 2.05) is 18.2 Å². The molecule has 3 aromatic heterocycles. The molecule has 2 unspecified atom stereocenters. The molecule has 2 aliphatic rings. The molecule has 5 heterocycles. The van der Waals surface area contributed by atoms with Crippen molar-refractivity contribution in [3.63, 3.8) is 0 Å². The van der Waals surface area contributed by atoms with Crippen LogP contribution in [-0.2, 0) is 18.4 Å². The lowest BCUT2D eigenvalue weighted by Crippen LogP contribution is -2.19. The van der Waals surface area contributed by atoms with E-state index >= 15 is 0 Å². The highest BCUT2D eigenvalue weighted by atomic mass is 35.5. The molecule has 0 bridgehead atoms. The summed E-state index contributed by atoms with van der Waals surface area (Å²) in [5.74, 6) is 2.74. The molecule has 8 heteroatoms. The molecule has 0 radical (unpaired) electrons. The van der Waals surface area contributed by atoms with Gasteiger partial charge in [0, 0.05) is 35.8 Å². The van der Waals surface area contributed by atoms with Gasteiger partial charge < -0.3 is 14.2 Å². The highest BCUT2D eigenvalue weighted by molar-refractivity contribution is 6.31. The lowest BCUT2D eigenvalue weighted by molar-refractivity contribution is 0.0687. The normalized spacial score (nSPS) is 17.0.